The monoisotopic (exact) mass is 233 g/mol. The molecule has 2 unspecified atom stereocenters. The van der Waals surface area contributed by atoms with Crippen LogP contribution in [-0.4, -0.2) is 36.0 Å². The Morgan fingerprint density at radius 3 is 2.94 bits per heavy atom. The fraction of sp³-hybridized carbons (Fsp3) is 0.462. The molecule has 1 heterocycles. The van der Waals surface area contributed by atoms with E-state index in [1.54, 1.807) is 12.1 Å². The molecule has 0 aromatic heterocycles. The van der Waals surface area contributed by atoms with Crippen molar-refractivity contribution >= 4 is 11.6 Å². The predicted octanol–water partition coefficient (Wildman–Crippen LogP) is 1.09. The first-order chi connectivity index (χ1) is 8.09. The van der Waals surface area contributed by atoms with Crippen molar-refractivity contribution < 1.29 is 4.79 Å². The fourth-order valence-corrected chi connectivity index (χ4v) is 2.18. The lowest BCUT2D eigenvalue weighted by atomic mass is 10.1. The number of hydrogen-bond donors (Lipinski definition) is 2. The Bertz CT molecular complexity index is 419. The van der Waals surface area contributed by atoms with Crippen LogP contribution < -0.4 is 11.1 Å². The highest BCUT2D eigenvalue weighted by molar-refractivity contribution is 5.95. The van der Waals surface area contributed by atoms with E-state index in [9.17, 15) is 4.79 Å². The minimum absolute atomic E-state index is 0.0677. The van der Waals surface area contributed by atoms with Gasteiger partial charge in [-0.15, -0.1) is 0 Å². The quantitative estimate of drug-likeness (QED) is 0.714. The van der Waals surface area contributed by atoms with E-state index in [2.05, 4.69) is 19.2 Å². The average molecular weight is 233 g/mol. The van der Waals surface area contributed by atoms with Gasteiger partial charge in [0.15, 0.2) is 0 Å². The molecule has 2 atom stereocenters. The van der Waals surface area contributed by atoms with Gasteiger partial charge in [0.25, 0.3) is 5.91 Å². The number of anilines is 1. The van der Waals surface area contributed by atoms with Crippen LogP contribution >= 0.6 is 0 Å². The topological polar surface area (TPSA) is 58.4 Å². The van der Waals surface area contributed by atoms with Crippen LogP contribution in [0.2, 0.25) is 0 Å². The van der Waals surface area contributed by atoms with Gasteiger partial charge in [-0.05, 0) is 32.0 Å². The minimum Gasteiger partial charge on any atom is -0.399 e. The molecule has 2 rings (SSSR count). The second-order valence-electron chi connectivity index (χ2n) is 4.61. The van der Waals surface area contributed by atoms with Crippen molar-refractivity contribution in [1.29, 1.82) is 0 Å². The molecule has 1 saturated heterocycles. The van der Waals surface area contributed by atoms with Gasteiger partial charge in [0.1, 0.15) is 0 Å². The SMILES string of the molecule is CC1NCCN(C(=O)c2cccc(N)c2)C1C. The van der Waals surface area contributed by atoms with Crippen molar-refractivity contribution in [2.75, 3.05) is 18.8 Å². The molecule has 0 saturated carbocycles. The summed E-state index contributed by atoms with van der Waals surface area (Å²) in [6.45, 7) is 5.77. The maximum absolute atomic E-state index is 12.4. The molecule has 0 bridgehead atoms. The van der Waals surface area contributed by atoms with Gasteiger partial charge < -0.3 is 16.0 Å². The molecule has 3 N–H and O–H groups in total. The summed E-state index contributed by atoms with van der Waals surface area (Å²) < 4.78 is 0. The first-order valence-corrected chi connectivity index (χ1v) is 5.99. The van der Waals surface area contributed by atoms with Crippen molar-refractivity contribution in [3.63, 3.8) is 0 Å². The Balaban J connectivity index is 2.19. The molecule has 1 aliphatic heterocycles. The van der Waals surface area contributed by atoms with Crippen LogP contribution in [0.4, 0.5) is 5.69 Å². The molecular formula is C13H19N3O. The lowest BCUT2D eigenvalue weighted by molar-refractivity contribution is 0.0603. The third-order valence-corrected chi connectivity index (χ3v) is 3.43. The van der Waals surface area contributed by atoms with Crippen molar-refractivity contribution in [2.24, 2.45) is 0 Å². The second kappa shape index (κ2) is 4.75. The van der Waals surface area contributed by atoms with Crippen LogP contribution in [-0.2, 0) is 0 Å². The van der Waals surface area contributed by atoms with Crippen molar-refractivity contribution in [3.8, 4) is 0 Å². The maximum atomic E-state index is 12.4. The number of rotatable bonds is 1. The van der Waals surface area contributed by atoms with Crippen LogP contribution in [0.3, 0.4) is 0 Å². The molecule has 1 amide bonds. The number of hydrogen-bond acceptors (Lipinski definition) is 3. The lowest BCUT2D eigenvalue weighted by Gasteiger charge is -2.38. The van der Waals surface area contributed by atoms with Gasteiger partial charge in [-0.25, -0.2) is 0 Å². The molecule has 4 nitrogen and oxygen atoms in total. The Labute approximate surface area is 102 Å². The first kappa shape index (κ1) is 11.9. The molecule has 17 heavy (non-hydrogen) atoms. The third-order valence-electron chi connectivity index (χ3n) is 3.43. The Kier molecular flexibility index (Phi) is 3.33. The highest BCUT2D eigenvalue weighted by Crippen LogP contribution is 2.15. The summed E-state index contributed by atoms with van der Waals surface area (Å²) >= 11 is 0. The number of nitrogens with zero attached hydrogens (tertiary/aromatic N) is 1. The third kappa shape index (κ3) is 2.42. The van der Waals surface area contributed by atoms with Crippen LogP contribution in [0.5, 0.6) is 0 Å². The Morgan fingerprint density at radius 1 is 1.47 bits per heavy atom. The van der Waals surface area contributed by atoms with Crippen LogP contribution in [0.1, 0.15) is 24.2 Å². The summed E-state index contributed by atoms with van der Waals surface area (Å²) in [5, 5.41) is 3.36. The number of carbonyl (C=O) groups is 1. The van der Waals surface area contributed by atoms with E-state index in [0.717, 1.165) is 13.1 Å². The van der Waals surface area contributed by atoms with Crippen molar-refractivity contribution in [3.05, 3.63) is 29.8 Å². The van der Waals surface area contributed by atoms with Gasteiger partial charge in [-0.3, -0.25) is 4.79 Å². The smallest absolute Gasteiger partial charge is 0.254 e. The summed E-state index contributed by atoms with van der Waals surface area (Å²) in [6, 6.07) is 7.70. The number of amides is 1. The molecule has 92 valence electrons. The molecule has 4 heteroatoms. The molecule has 1 aromatic carbocycles. The van der Waals surface area contributed by atoms with E-state index in [1.165, 1.54) is 0 Å². The average Bonchev–Trinajstić information content (AvgIpc) is 2.32. The minimum atomic E-state index is 0.0677. The van der Waals surface area contributed by atoms with Gasteiger partial charge in [-0.2, -0.15) is 0 Å². The van der Waals surface area contributed by atoms with Crippen LogP contribution in [0.15, 0.2) is 24.3 Å². The van der Waals surface area contributed by atoms with E-state index in [4.69, 9.17) is 5.73 Å². The normalized spacial score (nSPS) is 24.7. The molecular weight excluding hydrogens is 214 g/mol. The summed E-state index contributed by atoms with van der Waals surface area (Å²) in [5.41, 5.74) is 7.01. The highest BCUT2D eigenvalue weighted by atomic mass is 16.2. The Hall–Kier alpha value is -1.55. The summed E-state index contributed by atoms with van der Waals surface area (Å²) in [5.74, 6) is 0.0677. The highest BCUT2D eigenvalue weighted by Gasteiger charge is 2.28. The van der Waals surface area contributed by atoms with E-state index in [0.29, 0.717) is 17.3 Å². The van der Waals surface area contributed by atoms with E-state index in [1.807, 2.05) is 17.0 Å². The molecule has 1 fully saturated rings. The Morgan fingerprint density at radius 2 is 2.24 bits per heavy atom. The second-order valence-corrected chi connectivity index (χ2v) is 4.61. The summed E-state index contributed by atoms with van der Waals surface area (Å²) in [7, 11) is 0. The molecule has 1 aromatic rings. The number of nitrogens with two attached hydrogens (primary N) is 1. The molecule has 0 radical (unpaired) electrons. The van der Waals surface area contributed by atoms with Crippen molar-refractivity contribution in [2.45, 2.75) is 25.9 Å². The van der Waals surface area contributed by atoms with Gasteiger partial charge in [-0.1, -0.05) is 6.07 Å². The van der Waals surface area contributed by atoms with E-state index >= 15 is 0 Å². The number of piperazine rings is 1. The zero-order valence-electron chi connectivity index (χ0n) is 10.3. The lowest BCUT2D eigenvalue weighted by Crippen LogP contribution is -2.57. The van der Waals surface area contributed by atoms with E-state index < -0.39 is 0 Å². The predicted molar refractivity (Wildman–Crippen MR) is 68.8 cm³/mol. The van der Waals surface area contributed by atoms with Gasteiger partial charge in [0.2, 0.25) is 0 Å². The molecule has 0 spiro atoms. The van der Waals surface area contributed by atoms with Crippen LogP contribution in [0, 0.1) is 0 Å². The zero-order valence-corrected chi connectivity index (χ0v) is 10.3. The van der Waals surface area contributed by atoms with E-state index in [-0.39, 0.29) is 11.9 Å². The fourth-order valence-electron chi connectivity index (χ4n) is 2.18. The van der Waals surface area contributed by atoms with Crippen LogP contribution in [0.25, 0.3) is 0 Å². The molecule has 1 aliphatic rings. The summed E-state index contributed by atoms with van der Waals surface area (Å²) in [4.78, 5) is 14.3. The first-order valence-electron chi connectivity index (χ1n) is 5.99. The van der Waals surface area contributed by atoms with Gasteiger partial charge in [0, 0.05) is 36.4 Å². The van der Waals surface area contributed by atoms with Crippen molar-refractivity contribution in [1.82, 2.24) is 10.2 Å². The van der Waals surface area contributed by atoms with Gasteiger partial charge in [0.05, 0.1) is 0 Å². The number of nitrogen functional groups attached to an aromatic ring is 1. The largest absolute Gasteiger partial charge is 0.399 e. The summed E-state index contributed by atoms with van der Waals surface area (Å²) in [6.07, 6.45) is 0. The van der Waals surface area contributed by atoms with Gasteiger partial charge >= 0.3 is 0 Å². The maximum Gasteiger partial charge on any atom is 0.254 e. The number of carbonyl (C=O) groups excluding carboxylic acids is 1. The number of nitrogens with one attached hydrogen (secondary N) is 1. The number of benzene rings is 1. The standard InChI is InChI=1S/C13H19N3O/c1-9-10(2)16(7-6-15-9)13(17)11-4-3-5-12(14)8-11/h3-5,8-10,15H,6-7,14H2,1-2H3. The molecule has 0 aliphatic carbocycles. The zero-order chi connectivity index (χ0) is 12.4.